The average molecular weight is 304 g/mol. The Morgan fingerprint density at radius 3 is 2.77 bits per heavy atom. The highest BCUT2D eigenvalue weighted by Crippen LogP contribution is 2.16. The number of hydrogen-bond donors (Lipinski definition) is 1. The Balaban J connectivity index is 1.62. The standard InChI is InChI=1S/C16H24N4O2/c1-12-4-3-5-13(17-12)16(21)18-14-10-22-11-15(14)20-8-6-19(2)7-9-20/h3-5,14-15H,6-11H2,1-2H3,(H,18,21)/t14-,15-/m0/s1. The maximum atomic E-state index is 12.4. The van der Waals surface area contributed by atoms with E-state index in [1.54, 1.807) is 6.07 Å². The Morgan fingerprint density at radius 1 is 1.27 bits per heavy atom. The van der Waals surface area contributed by atoms with Crippen molar-refractivity contribution < 1.29 is 9.53 Å². The number of pyridine rings is 1. The van der Waals surface area contributed by atoms with E-state index in [0.717, 1.165) is 31.9 Å². The third-order valence-corrected chi connectivity index (χ3v) is 4.49. The molecule has 0 saturated carbocycles. The first-order valence-electron chi connectivity index (χ1n) is 7.88. The Kier molecular flexibility index (Phi) is 4.71. The van der Waals surface area contributed by atoms with Crippen LogP contribution in [0, 0.1) is 6.92 Å². The number of nitrogens with one attached hydrogen (secondary N) is 1. The largest absolute Gasteiger partial charge is 0.378 e. The highest BCUT2D eigenvalue weighted by molar-refractivity contribution is 5.92. The van der Waals surface area contributed by atoms with Crippen LogP contribution in [0.5, 0.6) is 0 Å². The number of hydrogen-bond acceptors (Lipinski definition) is 5. The highest BCUT2D eigenvalue weighted by Gasteiger charge is 2.35. The zero-order valence-corrected chi connectivity index (χ0v) is 13.3. The summed E-state index contributed by atoms with van der Waals surface area (Å²) in [5.74, 6) is -0.113. The van der Waals surface area contributed by atoms with Gasteiger partial charge < -0.3 is 15.0 Å². The Bertz CT molecular complexity index is 529. The lowest BCUT2D eigenvalue weighted by atomic mass is 10.1. The highest BCUT2D eigenvalue weighted by atomic mass is 16.5. The van der Waals surface area contributed by atoms with Gasteiger partial charge in [0, 0.05) is 31.9 Å². The molecule has 120 valence electrons. The van der Waals surface area contributed by atoms with Gasteiger partial charge >= 0.3 is 0 Å². The lowest BCUT2D eigenvalue weighted by Gasteiger charge is -2.38. The van der Waals surface area contributed by atoms with Gasteiger partial charge in [-0.25, -0.2) is 4.98 Å². The summed E-state index contributed by atoms with van der Waals surface area (Å²) in [5, 5.41) is 3.10. The van der Waals surface area contributed by atoms with E-state index in [-0.39, 0.29) is 18.0 Å². The summed E-state index contributed by atoms with van der Waals surface area (Å²) in [6.07, 6.45) is 0. The molecule has 0 unspecified atom stereocenters. The monoisotopic (exact) mass is 304 g/mol. The maximum absolute atomic E-state index is 12.4. The van der Waals surface area contributed by atoms with E-state index in [1.165, 1.54) is 0 Å². The third-order valence-electron chi connectivity index (χ3n) is 4.49. The minimum atomic E-state index is -0.113. The fraction of sp³-hybridized carbons (Fsp3) is 0.625. The summed E-state index contributed by atoms with van der Waals surface area (Å²) in [6.45, 7) is 7.35. The summed E-state index contributed by atoms with van der Waals surface area (Å²) >= 11 is 0. The quantitative estimate of drug-likeness (QED) is 0.860. The summed E-state index contributed by atoms with van der Waals surface area (Å²) in [6, 6.07) is 5.81. The van der Waals surface area contributed by atoms with E-state index in [4.69, 9.17) is 4.74 Å². The van der Waals surface area contributed by atoms with Crippen LogP contribution in [0.2, 0.25) is 0 Å². The number of aromatic nitrogens is 1. The molecular formula is C16H24N4O2. The van der Waals surface area contributed by atoms with Crippen LogP contribution in [0.3, 0.4) is 0 Å². The topological polar surface area (TPSA) is 57.7 Å². The summed E-state index contributed by atoms with van der Waals surface area (Å²) in [7, 11) is 2.14. The van der Waals surface area contributed by atoms with Crippen molar-refractivity contribution in [2.75, 3.05) is 46.4 Å². The van der Waals surface area contributed by atoms with E-state index >= 15 is 0 Å². The average Bonchev–Trinajstić information content (AvgIpc) is 2.96. The molecule has 2 fully saturated rings. The van der Waals surface area contributed by atoms with E-state index in [1.807, 2.05) is 19.1 Å². The molecule has 6 nitrogen and oxygen atoms in total. The number of carbonyl (C=O) groups is 1. The van der Waals surface area contributed by atoms with Gasteiger partial charge in [-0.1, -0.05) is 6.07 Å². The van der Waals surface area contributed by atoms with E-state index in [2.05, 4.69) is 27.1 Å². The van der Waals surface area contributed by atoms with Crippen molar-refractivity contribution >= 4 is 5.91 Å². The molecule has 0 spiro atoms. The number of aryl methyl sites for hydroxylation is 1. The zero-order valence-electron chi connectivity index (χ0n) is 13.3. The first kappa shape index (κ1) is 15.4. The zero-order chi connectivity index (χ0) is 15.5. The minimum absolute atomic E-state index is 0.0400. The van der Waals surface area contributed by atoms with Gasteiger partial charge in [0.1, 0.15) is 5.69 Å². The van der Waals surface area contributed by atoms with Crippen molar-refractivity contribution in [3.05, 3.63) is 29.6 Å². The van der Waals surface area contributed by atoms with Crippen LogP contribution in [-0.4, -0.2) is 79.2 Å². The first-order chi connectivity index (χ1) is 10.6. The Labute approximate surface area is 131 Å². The van der Waals surface area contributed by atoms with Crippen LogP contribution in [0.15, 0.2) is 18.2 Å². The van der Waals surface area contributed by atoms with E-state index < -0.39 is 0 Å². The van der Waals surface area contributed by atoms with Gasteiger partial charge in [-0.3, -0.25) is 9.69 Å². The van der Waals surface area contributed by atoms with Gasteiger partial charge in [0.2, 0.25) is 0 Å². The second kappa shape index (κ2) is 6.73. The van der Waals surface area contributed by atoms with E-state index in [0.29, 0.717) is 18.9 Å². The van der Waals surface area contributed by atoms with Crippen molar-refractivity contribution in [2.24, 2.45) is 0 Å². The van der Waals surface area contributed by atoms with Gasteiger partial charge in [-0.2, -0.15) is 0 Å². The smallest absolute Gasteiger partial charge is 0.270 e. The second-order valence-corrected chi connectivity index (χ2v) is 6.19. The lowest BCUT2D eigenvalue weighted by molar-refractivity contribution is 0.0826. The Hall–Kier alpha value is -1.50. The van der Waals surface area contributed by atoms with Gasteiger partial charge in [0.05, 0.1) is 25.3 Å². The number of ether oxygens (including phenoxy) is 1. The van der Waals surface area contributed by atoms with Crippen molar-refractivity contribution in [2.45, 2.75) is 19.0 Å². The van der Waals surface area contributed by atoms with Crippen molar-refractivity contribution in [3.63, 3.8) is 0 Å². The van der Waals surface area contributed by atoms with Crippen LogP contribution >= 0.6 is 0 Å². The summed E-state index contributed by atoms with van der Waals surface area (Å²) in [4.78, 5) is 21.4. The van der Waals surface area contributed by atoms with Crippen molar-refractivity contribution in [3.8, 4) is 0 Å². The van der Waals surface area contributed by atoms with Crippen LogP contribution < -0.4 is 5.32 Å². The van der Waals surface area contributed by atoms with E-state index in [9.17, 15) is 4.79 Å². The molecule has 3 heterocycles. The number of carbonyl (C=O) groups excluding carboxylic acids is 1. The molecule has 2 saturated heterocycles. The van der Waals surface area contributed by atoms with Gasteiger partial charge in [-0.15, -0.1) is 0 Å². The summed E-state index contributed by atoms with van der Waals surface area (Å²) in [5.41, 5.74) is 1.33. The molecule has 1 aromatic rings. The molecule has 2 atom stereocenters. The number of rotatable bonds is 3. The molecule has 0 radical (unpaired) electrons. The van der Waals surface area contributed by atoms with Crippen LogP contribution in [0.4, 0.5) is 0 Å². The fourth-order valence-corrected chi connectivity index (χ4v) is 3.11. The molecule has 22 heavy (non-hydrogen) atoms. The molecule has 1 aromatic heterocycles. The first-order valence-corrected chi connectivity index (χ1v) is 7.88. The maximum Gasteiger partial charge on any atom is 0.270 e. The number of piperazine rings is 1. The van der Waals surface area contributed by atoms with Gasteiger partial charge in [0.15, 0.2) is 0 Å². The molecule has 1 N–H and O–H groups in total. The molecule has 0 aromatic carbocycles. The molecule has 2 aliphatic heterocycles. The molecule has 3 rings (SSSR count). The predicted octanol–water partition coefficient (Wildman–Crippen LogP) is 0.135. The molecule has 2 aliphatic rings. The summed E-state index contributed by atoms with van der Waals surface area (Å²) < 4.78 is 5.62. The molecular weight excluding hydrogens is 280 g/mol. The predicted molar refractivity (Wildman–Crippen MR) is 83.9 cm³/mol. The minimum Gasteiger partial charge on any atom is -0.378 e. The third kappa shape index (κ3) is 3.45. The molecule has 6 heteroatoms. The fourth-order valence-electron chi connectivity index (χ4n) is 3.11. The molecule has 0 aliphatic carbocycles. The van der Waals surface area contributed by atoms with Crippen LogP contribution in [0.25, 0.3) is 0 Å². The number of nitrogens with zero attached hydrogens (tertiary/aromatic N) is 3. The Morgan fingerprint density at radius 2 is 2.05 bits per heavy atom. The molecule has 0 bridgehead atoms. The van der Waals surface area contributed by atoms with Crippen molar-refractivity contribution in [1.29, 1.82) is 0 Å². The van der Waals surface area contributed by atoms with Crippen molar-refractivity contribution in [1.82, 2.24) is 20.1 Å². The molecule has 1 amide bonds. The number of likely N-dealkylation sites (N-methyl/N-ethyl adjacent to an activating group) is 1. The van der Waals surface area contributed by atoms with Gasteiger partial charge in [-0.05, 0) is 26.1 Å². The van der Waals surface area contributed by atoms with Crippen LogP contribution in [0.1, 0.15) is 16.2 Å². The van der Waals surface area contributed by atoms with Crippen LogP contribution in [-0.2, 0) is 4.74 Å². The SMILES string of the molecule is Cc1cccc(C(=O)N[C@H]2COC[C@@H]2N2CCN(C)CC2)n1. The second-order valence-electron chi connectivity index (χ2n) is 6.19. The number of amides is 1. The normalized spacial score (nSPS) is 27.0. The van der Waals surface area contributed by atoms with Gasteiger partial charge in [0.25, 0.3) is 5.91 Å². The lowest BCUT2D eigenvalue weighted by Crippen LogP contribution is -2.56.